The molecule has 0 N–H and O–H groups in total. The average molecular weight is 414 g/mol. The van der Waals surface area contributed by atoms with E-state index in [2.05, 4.69) is 11.0 Å². The van der Waals surface area contributed by atoms with Gasteiger partial charge in [-0.3, -0.25) is 4.79 Å². The number of nitrogens with zero attached hydrogens (tertiary/aromatic N) is 1. The first-order valence-corrected chi connectivity index (χ1v) is 11.0. The fraction of sp³-hybridized carbons (Fsp3) is 0.600. The Morgan fingerprint density at radius 3 is 2.30 bits per heavy atom. The van der Waals surface area contributed by atoms with Gasteiger partial charge in [0.2, 0.25) is 0 Å². The summed E-state index contributed by atoms with van der Waals surface area (Å²) in [6.07, 6.45) is 9.78. The van der Waals surface area contributed by atoms with E-state index in [0.717, 1.165) is 62.9 Å². The van der Waals surface area contributed by atoms with Gasteiger partial charge in [0.1, 0.15) is 5.60 Å². The van der Waals surface area contributed by atoms with Crippen LogP contribution in [0.5, 0.6) is 0 Å². The van der Waals surface area contributed by atoms with E-state index in [4.69, 9.17) is 9.47 Å². The number of esters is 2. The summed E-state index contributed by atoms with van der Waals surface area (Å²) in [4.78, 5) is 26.3. The first kappa shape index (κ1) is 22.4. The number of piperidine rings is 1. The van der Waals surface area contributed by atoms with Crippen molar-refractivity contribution in [3.8, 4) is 0 Å². The van der Waals surface area contributed by atoms with Crippen molar-refractivity contribution in [1.29, 1.82) is 0 Å². The second kappa shape index (κ2) is 9.23. The van der Waals surface area contributed by atoms with Gasteiger partial charge in [-0.05, 0) is 82.4 Å². The van der Waals surface area contributed by atoms with Crippen LogP contribution in [0.2, 0.25) is 0 Å². The average Bonchev–Trinajstić information content (AvgIpc) is 2.72. The number of ether oxygens (including phenoxy) is 2. The van der Waals surface area contributed by atoms with Gasteiger partial charge in [0.15, 0.2) is 0 Å². The Labute approximate surface area is 180 Å². The van der Waals surface area contributed by atoms with Crippen LogP contribution in [0, 0.1) is 11.3 Å². The fourth-order valence-corrected chi connectivity index (χ4v) is 4.76. The van der Waals surface area contributed by atoms with Crippen molar-refractivity contribution in [2.45, 2.75) is 64.9 Å². The van der Waals surface area contributed by atoms with Crippen molar-refractivity contribution in [2.24, 2.45) is 11.3 Å². The lowest BCUT2D eigenvalue weighted by Gasteiger charge is -2.46. The normalized spacial score (nSPS) is 19.8. The maximum atomic E-state index is 12.1. The van der Waals surface area contributed by atoms with Crippen molar-refractivity contribution < 1.29 is 19.1 Å². The number of hydrogen-bond acceptors (Lipinski definition) is 5. The van der Waals surface area contributed by atoms with Crippen molar-refractivity contribution in [2.75, 3.05) is 25.1 Å². The molecule has 164 valence electrons. The molecule has 1 aromatic carbocycles. The topological polar surface area (TPSA) is 55.8 Å². The molecule has 1 aliphatic carbocycles. The minimum Gasteiger partial charge on any atom is -0.469 e. The van der Waals surface area contributed by atoms with Gasteiger partial charge in [0, 0.05) is 24.9 Å². The molecule has 0 amide bonds. The predicted molar refractivity (Wildman–Crippen MR) is 119 cm³/mol. The minimum absolute atomic E-state index is 0.0482. The molecule has 0 atom stereocenters. The van der Waals surface area contributed by atoms with Crippen LogP contribution in [0.3, 0.4) is 0 Å². The first-order valence-electron chi connectivity index (χ1n) is 11.0. The van der Waals surface area contributed by atoms with Crippen LogP contribution in [0.25, 0.3) is 6.08 Å². The van der Waals surface area contributed by atoms with E-state index in [0.29, 0.717) is 5.41 Å². The largest absolute Gasteiger partial charge is 0.469 e. The van der Waals surface area contributed by atoms with Gasteiger partial charge < -0.3 is 14.4 Å². The highest BCUT2D eigenvalue weighted by Gasteiger charge is 2.40. The second-order valence-corrected chi connectivity index (χ2v) is 9.71. The van der Waals surface area contributed by atoms with Crippen LogP contribution >= 0.6 is 0 Å². The molecule has 1 aromatic rings. The Hall–Kier alpha value is -2.30. The molecule has 0 aromatic heterocycles. The molecule has 1 heterocycles. The van der Waals surface area contributed by atoms with Crippen LogP contribution in [0.1, 0.15) is 64.9 Å². The van der Waals surface area contributed by atoms with Gasteiger partial charge in [-0.2, -0.15) is 0 Å². The molecule has 1 aliphatic heterocycles. The summed E-state index contributed by atoms with van der Waals surface area (Å²) in [5.74, 6) is -0.289. The number of hydrogen-bond donors (Lipinski definition) is 0. The van der Waals surface area contributed by atoms with E-state index < -0.39 is 5.60 Å². The van der Waals surface area contributed by atoms with Gasteiger partial charge >= 0.3 is 11.9 Å². The number of rotatable bonds is 4. The first-order chi connectivity index (χ1) is 14.2. The third-order valence-electron chi connectivity index (χ3n) is 6.49. The number of para-hydroxylation sites is 1. The van der Waals surface area contributed by atoms with E-state index in [1.807, 2.05) is 45.0 Å². The Kier molecular flexibility index (Phi) is 6.89. The van der Waals surface area contributed by atoms with Crippen molar-refractivity contribution in [3.63, 3.8) is 0 Å². The number of anilines is 1. The molecule has 5 heteroatoms. The highest BCUT2D eigenvalue weighted by molar-refractivity contribution is 5.88. The van der Waals surface area contributed by atoms with Gasteiger partial charge in [-0.25, -0.2) is 4.79 Å². The Morgan fingerprint density at radius 2 is 1.70 bits per heavy atom. The fourth-order valence-electron chi connectivity index (χ4n) is 4.76. The Bertz CT molecular complexity index is 775. The molecule has 3 rings (SSSR count). The summed E-state index contributed by atoms with van der Waals surface area (Å²) >= 11 is 0. The molecule has 1 saturated heterocycles. The van der Waals surface area contributed by atoms with Crippen LogP contribution in [0.4, 0.5) is 5.69 Å². The number of carbonyl (C=O) groups is 2. The van der Waals surface area contributed by atoms with Gasteiger partial charge in [0.25, 0.3) is 0 Å². The molecule has 2 fully saturated rings. The monoisotopic (exact) mass is 413 g/mol. The molecule has 5 nitrogen and oxygen atoms in total. The van der Waals surface area contributed by atoms with Gasteiger partial charge in [-0.15, -0.1) is 0 Å². The summed E-state index contributed by atoms with van der Waals surface area (Å²) < 4.78 is 10.3. The molecule has 1 spiro atoms. The van der Waals surface area contributed by atoms with Gasteiger partial charge in [0.05, 0.1) is 13.0 Å². The van der Waals surface area contributed by atoms with Crippen molar-refractivity contribution >= 4 is 23.7 Å². The second-order valence-electron chi connectivity index (χ2n) is 9.71. The quantitative estimate of drug-likeness (QED) is 0.514. The molecular formula is C25H35NO4. The molecule has 30 heavy (non-hydrogen) atoms. The van der Waals surface area contributed by atoms with Crippen molar-refractivity contribution in [3.05, 3.63) is 35.9 Å². The summed E-state index contributed by atoms with van der Waals surface area (Å²) in [5, 5.41) is 0. The van der Waals surface area contributed by atoms with Crippen LogP contribution in [-0.4, -0.2) is 37.7 Å². The van der Waals surface area contributed by atoms with E-state index in [1.165, 1.54) is 13.2 Å². The maximum absolute atomic E-state index is 12.1. The number of methoxy groups -OCH3 is 1. The predicted octanol–water partition coefficient (Wildman–Crippen LogP) is 4.99. The molecule has 1 saturated carbocycles. The standard InChI is InChI=1S/C25H35NO4/c1-24(2,3)30-22(27)10-9-19-7-5-6-8-21(19)26-17-15-25(16-18-26)13-11-20(12-14-25)23(28)29-4/h5-10,20H,11-18H2,1-4H3/b10-9+. The van der Waals surface area contributed by atoms with Gasteiger partial charge in [-0.1, -0.05) is 18.2 Å². The van der Waals surface area contributed by atoms with Crippen LogP contribution in [0.15, 0.2) is 30.3 Å². The number of carbonyl (C=O) groups excluding carboxylic acids is 2. The maximum Gasteiger partial charge on any atom is 0.331 e. The van der Waals surface area contributed by atoms with E-state index in [-0.39, 0.29) is 17.9 Å². The highest BCUT2D eigenvalue weighted by Crippen LogP contribution is 2.47. The zero-order valence-corrected chi connectivity index (χ0v) is 18.8. The van der Waals surface area contributed by atoms with E-state index >= 15 is 0 Å². The summed E-state index contributed by atoms with van der Waals surface area (Å²) in [7, 11) is 1.49. The van der Waals surface area contributed by atoms with Crippen LogP contribution in [-0.2, 0) is 19.1 Å². The third-order valence-corrected chi connectivity index (χ3v) is 6.49. The molecule has 0 radical (unpaired) electrons. The molecule has 0 unspecified atom stereocenters. The van der Waals surface area contributed by atoms with E-state index in [9.17, 15) is 9.59 Å². The molecular weight excluding hydrogens is 378 g/mol. The SMILES string of the molecule is COC(=O)C1CCC2(CC1)CCN(c1ccccc1/C=C/C(=O)OC(C)(C)C)CC2. The summed E-state index contributed by atoms with van der Waals surface area (Å²) in [5.41, 5.74) is 2.07. The smallest absolute Gasteiger partial charge is 0.331 e. The number of benzene rings is 1. The summed E-state index contributed by atoms with van der Waals surface area (Å²) in [6.45, 7) is 7.61. The molecule has 0 bridgehead atoms. The zero-order valence-electron chi connectivity index (χ0n) is 18.8. The van der Waals surface area contributed by atoms with E-state index in [1.54, 1.807) is 0 Å². The highest BCUT2D eigenvalue weighted by atomic mass is 16.6. The summed E-state index contributed by atoms with van der Waals surface area (Å²) in [6, 6.07) is 8.22. The Balaban J connectivity index is 1.61. The lowest BCUT2D eigenvalue weighted by atomic mass is 9.65. The lowest BCUT2D eigenvalue weighted by molar-refractivity contribution is -0.149. The van der Waals surface area contributed by atoms with Crippen LogP contribution < -0.4 is 4.90 Å². The minimum atomic E-state index is -0.491. The molecule has 2 aliphatic rings. The Morgan fingerprint density at radius 1 is 1.07 bits per heavy atom. The van der Waals surface area contributed by atoms with Crippen molar-refractivity contribution in [1.82, 2.24) is 0 Å². The zero-order chi connectivity index (χ0) is 21.8. The lowest BCUT2D eigenvalue weighted by Crippen LogP contribution is -2.43. The third kappa shape index (κ3) is 5.65.